The van der Waals surface area contributed by atoms with Crippen LogP contribution >= 0.6 is 0 Å². The van der Waals surface area contributed by atoms with Gasteiger partial charge in [0, 0.05) is 25.2 Å². The summed E-state index contributed by atoms with van der Waals surface area (Å²) in [5.41, 5.74) is 5.25. The topological polar surface area (TPSA) is 70.3 Å². The molecule has 2 fully saturated rings. The van der Waals surface area contributed by atoms with Crippen LogP contribution in [-0.2, 0) is 0 Å². The molecule has 0 aromatic carbocycles. The largest absolute Gasteiger partial charge is 0.389 e. The van der Waals surface area contributed by atoms with Gasteiger partial charge in [0.2, 0.25) is 0 Å². The summed E-state index contributed by atoms with van der Waals surface area (Å²) < 4.78 is 0. The van der Waals surface area contributed by atoms with E-state index in [-0.39, 0.29) is 6.04 Å². The maximum Gasteiger partial charge on any atom is 0.0787 e. The molecule has 0 bridgehead atoms. The second kappa shape index (κ2) is 4.14. The van der Waals surface area contributed by atoms with Gasteiger partial charge in [-0.05, 0) is 32.2 Å². The Morgan fingerprint density at radius 1 is 1.50 bits per heavy atom. The van der Waals surface area contributed by atoms with E-state index in [0.29, 0.717) is 12.6 Å². The Kier molecular flexibility index (Phi) is 3.07. The first-order valence-corrected chi connectivity index (χ1v) is 5.60. The molecule has 14 heavy (non-hydrogen) atoms. The van der Waals surface area contributed by atoms with E-state index in [1.54, 1.807) is 0 Å². The van der Waals surface area contributed by atoms with Crippen LogP contribution in [0, 0.1) is 0 Å². The Labute approximate surface area is 85.2 Å². The van der Waals surface area contributed by atoms with E-state index in [1.165, 1.54) is 6.42 Å². The van der Waals surface area contributed by atoms with Crippen LogP contribution in [0.3, 0.4) is 0 Å². The van der Waals surface area contributed by atoms with Crippen molar-refractivity contribution in [3.05, 3.63) is 0 Å². The number of aliphatic hydroxyl groups is 1. The Balaban J connectivity index is 1.73. The summed E-state index contributed by atoms with van der Waals surface area (Å²) in [6.45, 7) is 2.82. The number of nitrogens with two attached hydrogens (primary N) is 1. The van der Waals surface area contributed by atoms with Crippen molar-refractivity contribution in [2.45, 2.75) is 43.4 Å². The summed E-state index contributed by atoms with van der Waals surface area (Å²) in [5.74, 6) is 0. The molecule has 4 nitrogen and oxygen atoms in total. The fraction of sp³-hybridized carbons (Fsp3) is 1.00. The molecule has 4 heteroatoms. The van der Waals surface area contributed by atoms with Crippen LogP contribution in [0.2, 0.25) is 0 Å². The molecule has 3 unspecified atom stereocenters. The molecule has 1 saturated carbocycles. The van der Waals surface area contributed by atoms with Gasteiger partial charge in [0.1, 0.15) is 0 Å². The number of hydrogen-bond acceptors (Lipinski definition) is 4. The van der Waals surface area contributed by atoms with Crippen molar-refractivity contribution in [2.75, 3.05) is 19.6 Å². The van der Waals surface area contributed by atoms with Gasteiger partial charge in [0.25, 0.3) is 0 Å². The van der Waals surface area contributed by atoms with Crippen LogP contribution in [0.5, 0.6) is 0 Å². The average molecular weight is 199 g/mol. The molecule has 0 radical (unpaired) electrons. The highest BCUT2D eigenvalue weighted by atomic mass is 16.3. The van der Waals surface area contributed by atoms with Crippen LogP contribution in [0.25, 0.3) is 0 Å². The lowest BCUT2D eigenvalue weighted by atomic mass is 10.0. The van der Waals surface area contributed by atoms with Gasteiger partial charge in [-0.15, -0.1) is 0 Å². The fourth-order valence-electron chi connectivity index (χ4n) is 2.47. The number of nitrogens with one attached hydrogen (secondary N) is 2. The van der Waals surface area contributed by atoms with Gasteiger partial charge in [-0.25, -0.2) is 0 Å². The third kappa shape index (κ3) is 2.45. The molecule has 0 amide bonds. The standard InChI is InChI=1S/C10H21N3O/c11-8-1-3-10(14,5-8)7-13-9-2-4-12-6-9/h8-9,12-14H,1-7,11H2. The highest BCUT2D eigenvalue weighted by Crippen LogP contribution is 2.28. The third-order valence-electron chi connectivity index (χ3n) is 3.40. The predicted octanol–water partition coefficient (Wildman–Crippen LogP) is -0.820. The Hall–Kier alpha value is -0.160. The van der Waals surface area contributed by atoms with Gasteiger partial charge in [-0.1, -0.05) is 0 Å². The lowest BCUT2D eigenvalue weighted by molar-refractivity contribution is 0.0441. The molecule has 1 saturated heterocycles. The van der Waals surface area contributed by atoms with Gasteiger partial charge in [0.05, 0.1) is 5.60 Å². The molecule has 1 aliphatic heterocycles. The number of rotatable bonds is 3. The SMILES string of the molecule is NC1CCC(O)(CNC2CCNC2)C1. The summed E-state index contributed by atoms with van der Waals surface area (Å²) in [6.07, 6.45) is 3.73. The first-order chi connectivity index (χ1) is 6.68. The molecule has 3 atom stereocenters. The second-order valence-corrected chi connectivity index (χ2v) is 4.80. The quantitative estimate of drug-likeness (QED) is 0.479. The van der Waals surface area contributed by atoms with Crippen LogP contribution in [-0.4, -0.2) is 42.4 Å². The monoisotopic (exact) mass is 199 g/mol. The average Bonchev–Trinajstić information content (AvgIpc) is 2.73. The van der Waals surface area contributed by atoms with Crippen LogP contribution in [0.1, 0.15) is 25.7 Å². The zero-order chi connectivity index (χ0) is 10.0. The maximum atomic E-state index is 10.2. The van der Waals surface area contributed by atoms with Crippen molar-refractivity contribution in [3.63, 3.8) is 0 Å². The lowest BCUT2D eigenvalue weighted by Gasteiger charge is -2.25. The maximum absolute atomic E-state index is 10.2. The Morgan fingerprint density at radius 3 is 2.93 bits per heavy atom. The molecule has 0 spiro atoms. The van der Waals surface area contributed by atoms with Gasteiger partial charge < -0.3 is 21.5 Å². The third-order valence-corrected chi connectivity index (χ3v) is 3.40. The zero-order valence-electron chi connectivity index (χ0n) is 8.63. The van der Waals surface area contributed by atoms with E-state index in [4.69, 9.17) is 5.73 Å². The minimum Gasteiger partial charge on any atom is -0.389 e. The van der Waals surface area contributed by atoms with Gasteiger partial charge in [0.15, 0.2) is 0 Å². The molecule has 5 N–H and O–H groups in total. The summed E-state index contributed by atoms with van der Waals surface area (Å²) in [7, 11) is 0. The second-order valence-electron chi connectivity index (χ2n) is 4.80. The minimum absolute atomic E-state index is 0.198. The van der Waals surface area contributed by atoms with E-state index < -0.39 is 5.60 Å². The highest BCUT2D eigenvalue weighted by molar-refractivity contribution is 4.94. The van der Waals surface area contributed by atoms with E-state index in [2.05, 4.69) is 10.6 Å². The normalized spacial score (nSPS) is 43.3. The molecular weight excluding hydrogens is 178 g/mol. The lowest BCUT2D eigenvalue weighted by Crippen LogP contribution is -2.44. The molecule has 2 rings (SSSR count). The van der Waals surface area contributed by atoms with Gasteiger partial charge in [-0.2, -0.15) is 0 Å². The summed E-state index contributed by atoms with van der Waals surface area (Å²) in [5, 5.41) is 16.9. The predicted molar refractivity (Wildman–Crippen MR) is 56.1 cm³/mol. The van der Waals surface area contributed by atoms with Crippen molar-refractivity contribution >= 4 is 0 Å². The highest BCUT2D eigenvalue weighted by Gasteiger charge is 2.35. The zero-order valence-corrected chi connectivity index (χ0v) is 8.63. The minimum atomic E-state index is -0.540. The van der Waals surface area contributed by atoms with Gasteiger partial charge in [-0.3, -0.25) is 0 Å². The van der Waals surface area contributed by atoms with E-state index in [0.717, 1.165) is 32.4 Å². The summed E-state index contributed by atoms with van der Waals surface area (Å²) >= 11 is 0. The van der Waals surface area contributed by atoms with Crippen LogP contribution in [0.15, 0.2) is 0 Å². The van der Waals surface area contributed by atoms with E-state index >= 15 is 0 Å². The Bertz CT molecular complexity index is 194. The van der Waals surface area contributed by atoms with Crippen LogP contribution in [0.4, 0.5) is 0 Å². The molecule has 0 aromatic rings. The molecule has 1 heterocycles. The summed E-state index contributed by atoms with van der Waals surface area (Å²) in [6, 6.07) is 0.736. The van der Waals surface area contributed by atoms with Crippen molar-refractivity contribution in [1.29, 1.82) is 0 Å². The van der Waals surface area contributed by atoms with Crippen LogP contribution < -0.4 is 16.4 Å². The van der Waals surface area contributed by atoms with Crippen molar-refractivity contribution < 1.29 is 5.11 Å². The molecule has 1 aliphatic carbocycles. The van der Waals surface area contributed by atoms with Crippen molar-refractivity contribution in [3.8, 4) is 0 Å². The summed E-state index contributed by atoms with van der Waals surface area (Å²) in [4.78, 5) is 0. The molecule has 82 valence electrons. The first-order valence-electron chi connectivity index (χ1n) is 5.60. The molecule has 0 aromatic heterocycles. The fourth-order valence-corrected chi connectivity index (χ4v) is 2.47. The Morgan fingerprint density at radius 2 is 2.36 bits per heavy atom. The number of hydrogen-bond donors (Lipinski definition) is 4. The van der Waals surface area contributed by atoms with Crippen molar-refractivity contribution in [2.24, 2.45) is 5.73 Å². The molecule has 2 aliphatic rings. The smallest absolute Gasteiger partial charge is 0.0787 e. The van der Waals surface area contributed by atoms with Gasteiger partial charge >= 0.3 is 0 Å². The van der Waals surface area contributed by atoms with Crippen molar-refractivity contribution in [1.82, 2.24) is 10.6 Å². The van der Waals surface area contributed by atoms with E-state index in [1.807, 2.05) is 0 Å². The molecular formula is C10H21N3O. The van der Waals surface area contributed by atoms with E-state index in [9.17, 15) is 5.11 Å². The first kappa shape index (κ1) is 10.4.